The van der Waals surface area contributed by atoms with Gasteiger partial charge >= 0.3 is 0 Å². The summed E-state index contributed by atoms with van der Waals surface area (Å²) in [5, 5.41) is 3.21. The molecule has 4 nitrogen and oxygen atoms in total. The topological polar surface area (TPSA) is 35.6 Å². The Kier molecular flexibility index (Phi) is 4.52. The van der Waals surface area contributed by atoms with Gasteiger partial charge in [-0.3, -0.25) is 14.6 Å². The summed E-state index contributed by atoms with van der Waals surface area (Å²) in [4.78, 5) is 17.7. The van der Waals surface area contributed by atoms with Crippen LogP contribution in [-0.4, -0.2) is 59.5 Å². The van der Waals surface area contributed by atoms with Crippen molar-refractivity contribution >= 4 is 5.91 Å². The van der Waals surface area contributed by atoms with Gasteiger partial charge in [0.15, 0.2) is 0 Å². The summed E-state index contributed by atoms with van der Waals surface area (Å²) in [6, 6.07) is 0.805. The molecule has 1 N–H and O–H groups in total. The number of piperidine rings is 1. The number of fused-ring (bicyclic) bond motifs is 3. The van der Waals surface area contributed by atoms with E-state index in [1.165, 1.54) is 32.4 Å². The van der Waals surface area contributed by atoms with Gasteiger partial charge in [-0.05, 0) is 58.4 Å². The van der Waals surface area contributed by atoms with Crippen LogP contribution in [0.4, 0.5) is 0 Å². The van der Waals surface area contributed by atoms with Crippen LogP contribution >= 0.6 is 0 Å². The quantitative estimate of drug-likeness (QED) is 0.864. The highest BCUT2D eigenvalue weighted by molar-refractivity contribution is 5.82. The van der Waals surface area contributed by atoms with E-state index < -0.39 is 0 Å². The van der Waals surface area contributed by atoms with Gasteiger partial charge in [0.05, 0.1) is 6.04 Å². The van der Waals surface area contributed by atoms with E-state index in [2.05, 4.69) is 42.8 Å². The number of hydrogen-bond acceptors (Lipinski definition) is 3. The molecule has 126 valence electrons. The summed E-state index contributed by atoms with van der Waals surface area (Å²) in [7, 11) is 0. The van der Waals surface area contributed by atoms with Crippen LogP contribution in [-0.2, 0) is 4.79 Å². The van der Waals surface area contributed by atoms with Crippen molar-refractivity contribution in [2.75, 3.05) is 26.2 Å². The predicted molar refractivity (Wildman–Crippen MR) is 89.7 cm³/mol. The molecule has 0 spiro atoms. The summed E-state index contributed by atoms with van der Waals surface area (Å²) in [6.07, 6.45) is 5.11. The molecule has 3 fully saturated rings. The Morgan fingerprint density at radius 1 is 1.27 bits per heavy atom. The third kappa shape index (κ3) is 3.05. The number of nitrogens with zero attached hydrogens (tertiary/aromatic N) is 2. The smallest absolute Gasteiger partial charge is 0.237 e. The van der Waals surface area contributed by atoms with Crippen molar-refractivity contribution in [3.63, 3.8) is 0 Å². The Labute approximate surface area is 135 Å². The second kappa shape index (κ2) is 6.12. The van der Waals surface area contributed by atoms with Crippen molar-refractivity contribution in [2.24, 2.45) is 11.8 Å². The molecule has 3 rings (SSSR count). The fraction of sp³-hybridized carbons (Fsp3) is 0.944. The molecule has 3 aliphatic rings. The van der Waals surface area contributed by atoms with Crippen molar-refractivity contribution in [1.29, 1.82) is 0 Å². The van der Waals surface area contributed by atoms with Gasteiger partial charge in [0.25, 0.3) is 0 Å². The summed E-state index contributed by atoms with van der Waals surface area (Å²) in [5.74, 6) is 1.79. The molecule has 1 amide bonds. The molecule has 3 saturated heterocycles. The van der Waals surface area contributed by atoms with Crippen LogP contribution in [0.2, 0.25) is 0 Å². The van der Waals surface area contributed by atoms with Gasteiger partial charge in [-0.1, -0.05) is 13.3 Å². The number of hydrogen-bond donors (Lipinski definition) is 1. The monoisotopic (exact) mass is 307 g/mol. The van der Waals surface area contributed by atoms with E-state index in [9.17, 15) is 4.79 Å². The standard InChI is InChI=1S/C18H33N3O/c1-5-18(3,4)19-17(22)13(2)21-11-14-10-20-9-7-6-8-16(20)15(14)12-21/h13-16H,5-12H2,1-4H3,(H,19,22)/t13-,14-,15+,16+/m0/s1. The van der Waals surface area contributed by atoms with Gasteiger partial charge in [-0.25, -0.2) is 0 Å². The fourth-order valence-electron chi connectivity index (χ4n) is 4.60. The maximum absolute atomic E-state index is 12.5. The summed E-state index contributed by atoms with van der Waals surface area (Å²) < 4.78 is 0. The third-order valence-electron chi connectivity index (χ3n) is 6.42. The minimum Gasteiger partial charge on any atom is -0.350 e. The highest BCUT2D eigenvalue weighted by Crippen LogP contribution is 2.40. The number of nitrogens with one attached hydrogen (secondary N) is 1. The second-order valence-electron chi connectivity index (χ2n) is 8.34. The number of amides is 1. The number of rotatable bonds is 4. The highest BCUT2D eigenvalue weighted by atomic mass is 16.2. The molecule has 0 aromatic rings. The van der Waals surface area contributed by atoms with E-state index in [-0.39, 0.29) is 17.5 Å². The minimum absolute atomic E-state index is 0.00784. The second-order valence-corrected chi connectivity index (χ2v) is 8.34. The molecular weight excluding hydrogens is 274 g/mol. The van der Waals surface area contributed by atoms with Crippen molar-refractivity contribution in [3.8, 4) is 0 Å². The van der Waals surface area contributed by atoms with Gasteiger partial charge in [0, 0.05) is 31.2 Å². The Balaban J connectivity index is 1.58. The zero-order valence-corrected chi connectivity index (χ0v) is 14.8. The number of likely N-dealkylation sites (tertiary alicyclic amines) is 1. The summed E-state index contributed by atoms with van der Waals surface area (Å²) in [5.41, 5.74) is -0.0961. The zero-order chi connectivity index (χ0) is 15.9. The van der Waals surface area contributed by atoms with Gasteiger partial charge in [-0.15, -0.1) is 0 Å². The Morgan fingerprint density at radius 2 is 2.05 bits per heavy atom. The lowest BCUT2D eigenvalue weighted by atomic mass is 9.90. The van der Waals surface area contributed by atoms with E-state index in [1.807, 2.05) is 0 Å². The normalized spacial score (nSPS) is 34.3. The third-order valence-corrected chi connectivity index (χ3v) is 6.42. The van der Waals surface area contributed by atoms with Crippen molar-refractivity contribution in [1.82, 2.24) is 15.1 Å². The predicted octanol–water partition coefficient (Wildman–Crippen LogP) is 2.10. The molecule has 0 saturated carbocycles. The maximum Gasteiger partial charge on any atom is 0.237 e. The summed E-state index contributed by atoms with van der Waals surface area (Å²) in [6.45, 7) is 13.2. The first-order chi connectivity index (χ1) is 10.4. The first-order valence-corrected chi connectivity index (χ1v) is 9.21. The molecule has 0 unspecified atom stereocenters. The van der Waals surface area contributed by atoms with Gasteiger partial charge in [0.2, 0.25) is 5.91 Å². The van der Waals surface area contributed by atoms with Crippen LogP contribution in [0.25, 0.3) is 0 Å². The lowest BCUT2D eigenvalue weighted by molar-refractivity contribution is -0.127. The van der Waals surface area contributed by atoms with E-state index in [4.69, 9.17) is 0 Å². The van der Waals surface area contributed by atoms with E-state index >= 15 is 0 Å². The first kappa shape index (κ1) is 16.3. The molecule has 0 bridgehead atoms. The molecular formula is C18H33N3O. The minimum atomic E-state index is -0.0961. The molecule has 0 aromatic heterocycles. The maximum atomic E-state index is 12.5. The molecule has 4 atom stereocenters. The zero-order valence-electron chi connectivity index (χ0n) is 14.8. The summed E-state index contributed by atoms with van der Waals surface area (Å²) >= 11 is 0. The molecule has 0 aromatic carbocycles. The van der Waals surface area contributed by atoms with Crippen LogP contribution in [0, 0.1) is 11.8 Å². The van der Waals surface area contributed by atoms with Crippen molar-refractivity contribution in [2.45, 2.75) is 71.0 Å². The van der Waals surface area contributed by atoms with E-state index in [0.717, 1.165) is 37.4 Å². The Hall–Kier alpha value is -0.610. The molecule has 0 aliphatic carbocycles. The fourth-order valence-corrected chi connectivity index (χ4v) is 4.60. The molecule has 22 heavy (non-hydrogen) atoms. The van der Waals surface area contributed by atoms with Gasteiger partial charge in [0.1, 0.15) is 0 Å². The van der Waals surface area contributed by atoms with Crippen molar-refractivity contribution < 1.29 is 4.79 Å². The molecule has 0 radical (unpaired) electrons. The molecule has 4 heteroatoms. The largest absolute Gasteiger partial charge is 0.350 e. The van der Waals surface area contributed by atoms with Gasteiger partial charge < -0.3 is 5.32 Å². The SMILES string of the molecule is CCC(C)(C)NC(=O)[C@H](C)N1C[C@@H]2CN3CCCC[C@@H]3[C@@H]2C1. The lowest BCUT2D eigenvalue weighted by Crippen LogP contribution is -2.52. The average molecular weight is 307 g/mol. The van der Waals surface area contributed by atoms with E-state index in [1.54, 1.807) is 0 Å². The first-order valence-electron chi connectivity index (χ1n) is 9.21. The van der Waals surface area contributed by atoms with Crippen LogP contribution in [0.3, 0.4) is 0 Å². The Bertz CT molecular complexity index is 423. The number of carbonyl (C=O) groups excluding carboxylic acids is 1. The molecule has 3 heterocycles. The van der Waals surface area contributed by atoms with Crippen LogP contribution in [0.1, 0.15) is 53.4 Å². The lowest BCUT2D eigenvalue weighted by Gasteiger charge is -2.34. The van der Waals surface area contributed by atoms with Crippen LogP contribution < -0.4 is 5.32 Å². The number of carbonyl (C=O) groups is 1. The molecule has 3 aliphatic heterocycles. The van der Waals surface area contributed by atoms with Crippen molar-refractivity contribution in [3.05, 3.63) is 0 Å². The van der Waals surface area contributed by atoms with Gasteiger partial charge in [-0.2, -0.15) is 0 Å². The average Bonchev–Trinajstić information content (AvgIpc) is 3.03. The van der Waals surface area contributed by atoms with E-state index in [0.29, 0.717) is 0 Å². The Morgan fingerprint density at radius 3 is 2.77 bits per heavy atom. The van der Waals surface area contributed by atoms with Crippen LogP contribution in [0.5, 0.6) is 0 Å². The highest BCUT2D eigenvalue weighted by Gasteiger charge is 2.48. The van der Waals surface area contributed by atoms with Crippen LogP contribution in [0.15, 0.2) is 0 Å².